The Hall–Kier alpha value is -0.870. The van der Waals surface area contributed by atoms with Crippen LogP contribution in [0.3, 0.4) is 0 Å². The first-order valence-corrected chi connectivity index (χ1v) is 4.42. The molecule has 0 bridgehead atoms. The van der Waals surface area contributed by atoms with Crippen molar-refractivity contribution in [1.29, 1.82) is 0 Å². The smallest absolute Gasteiger partial charge is 0.0724 e. The van der Waals surface area contributed by atoms with E-state index in [1.807, 2.05) is 17.8 Å². The highest BCUT2D eigenvalue weighted by Gasteiger charge is 2.08. The van der Waals surface area contributed by atoms with Gasteiger partial charge in [-0.3, -0.25) is 4.68 Å². The number of ether oxygens (including phenoxy) is 1. The standard InChI is InChI=1S/C9H17N3O/c1-7(6-13-3)12-5-9(4-10)8(2)11-12/h5,7H,4,6,10H2,1-3H3. The summed E-state index contributed by atoms with van der Waals surface area (Å²) in [4.78, 5) is 0. The van der Waals surface area contributed by atoms with Crippen LogP contribution in [-0.2, 0) is 11.3 Å². The van der Waals surface area contributed by atoms with E-state index in [0.29, 0.717) is 13.2 Å². The molecule has 74 valence electrons. The Morgan fingerprint density at radius 3 is 2.85 bits per heavy atom. The molecule has 1 heterocycles. The third kappa shape index (κ3) is 2.29. The molecule has 4 heteroatoms. The number of nitrogens with two attached hydrogens (primary N) is 1. The van der Waals surface area contributed by atoms with Crippen LogP contribution < -0.4 is 5.73 Å². The zero-order valence-electron chi connectivity index (χ0n) is 8.45. The molecule has 0 spiro atoms. The van der Waals surface area contributed by atoms with E-state index >= 15 is 0 Å². The van der Waals surface area contributed by atoms with Crippen LogP contribution in [0.1, 0.15) is 24.2 Å². The highest BCUT2D eigenvalue weighted by atomic mass is 16.5. The lowest BCUT2D eigenvalue weighted by molar-refractivity contribution is 0.157. The van der Waals surface area contributed by atoms with Crippen molar-refractivity contribution in [2.24, 2.45) is 5.73 Å². The topological polar surface area (TPSA) is 53.1 Å². The van der Waals surface area contributed by atoms with Gasteiger partial charge in [-0.05, 0) is 13.8 Å². The van der Waals surface area contributed by atoms with Crippen molar-refractivity contribution < 1.29 is 4.74 Å². The molecule has 0 amide bonds. The quantitative estimate of drug-likeness (QED) is 0.753. The molecular weight excluding hydrogens is 166 g/mol. The molecule has 1 rings (SSSR count). The maximum absolute atomic E-state index is 5.55. The highest BCUT2D eigenvalue weighted by Crippen LogP contribution is 2.10. The van der Waals surface area contributed by atoms with Crippen LogP contribution in [0.15, 0.2) is 6.20 Å². The van der Waals surface area contributed by atoms with Gasteiger partial charge < -0.3 is 10.5 Å². The maximum Gasteiger partial charge on any atom is 0.0724 e. The van der Waals surface area contributed by atoms with Gasteiger partial charge in [-0.25, -0.2) is 0 Å². The Labute approximate surface area is 78.7 Å². The van der Waals surface area contributed by atoms with E-state index < -0.39 is 0 Å². The number of aryl methyl sites for hydroxylation is 1. The van der Waals surface area contributed by atoms with E-state index in [0.717, 1.165) is 11.3 Å². The Balaban J connectivity index is 2.77. The predicted molar refractivity (Wildman–Crippen MR) is 51.4 cm³/mol. The minimum absolute atomic E-state index is 0.268. The van der Waals surface area contributed by atoms with E-state index in [-0.39, 0.29) is 6.04 Å². The van der Waals surface area contributed by atoms with Crippen LogP contribution in [0.5, 0.6) is 0 Å². The van der Waals surface area contributed by atoms with E-state index in [9.17, 15) is 0 Å². The number of nitrogens with zero attached hydrogens (tertiary/aromatic N) is 2. The van der Waals surface area contributed by atoms with E-state index in [1.54, 1.807) is 7.11 Å². The van der Waals surface area contributed by atoms with Gasteiger partial charge in [-0.2, -0.15) is 5.10 Å². The average Bonchev–Trinajstić information content (AvgIpc) is 2.47. The zero-order valence-corrected chi connectivity index (χ0v) is 8.45. The summed E-state index contributed by atoms with van der Waals surface area (Å²) >= 11 is 0. The number of aromatic nitrogens is 2. The van der Waals surface area contributed by atoms with Crippen molar-refractivity contribution >= 4 is 0 Å². The summed E-state index contributed by atoms with van der Waals surface area (Å²) < 4.78 is 6.95. The predicted octanol–water partition coefficient (Wildman–Crippen LogP) is 0.858. The molecule has 0 radical (unpaired) electrons. The Morgan fingerprint density at radius 2 is 2.38 bits per heavy atom. The van der Waals surface area contributed by atoms with Crippen molar-refractivity contribution in [3.05, 3.63) is 17.5 Å². The van der Waals surface area contributed by atoms with Crippen LogP contribution in [0.2, 0.25) is 0 Å². The van der Waals surface area contributed by atoms with Crippen molar-refractivity contribution in [3.8, 4) is 0 Å². The minimum Gasteiger partial charge on any atom is -0.382 e. The van der Waals surface area contributed by atoms with Gasteiger partial charge in [-0.15, -0.1) is 0 Å². The van der Waals surface area contributed by atoms with Crippen LogP contribution in [0, 0.1) is 6.92 Å². The number of hydrogen-bond acceptors (Lipinski definition) is 3. The van der Waals surface area contributed by atoms with Crippen LogP contribution in [-0.4, -0.2) is 23.5 Å². The summed E-state index contributed by atoms with van der Waals surface area (Å²) in [5.74, 6) is 0. The average molecular weight is 183 g/mol. The normalized spacial score (nSPS) is 13.2. The molecule has 0 saturated carbocycles. The fourth-order valence-corrected chi connectivity index (χ4v) is 1.26. The molecule has 0 aromatic carbocycles. The molecule has 0 aliphatic heterocycles. The van der Waals surface area contributed by atoms with Crippen LogP contribution in [0.4, 0.5) is 0 Å². The number of rotatable bonds is 4. The molecule has 0 aliphatic carbocycles. The Morgan fingerprint density at radius 1 is 1.69 bits per heavy atom. The van der Waals surface area contributed by atoms with E-state index in [2.05, 4.69) is 12.0 Å². The largest absolute Gasteiger partial charge is 0.382 e. The van der Waals surface area contributed by atoms with Gasteiger partial charge in [0.15, 0.2) is 0 Å². The minimum atomic E-state index is 0.268. The van der Waals surface area contributed by atoms with Gasteiger partial charge in [0.1, 0.15) is 0 Å². The van der Waals surface area contributed by atoms with Crippen molar-refractivity contribution in [2.75, 3.05) is 13.7 Å². The lowest BCUT2D eigenvalue weighted by Crippen LogP contribution is -2.11. The summed E-state index contributed by atoms with van der Waals surface area (Å²) in [7, 11) is 1.69. The molecule has 0 fully saturated rings. The molecule has 1 atom stereocenters. The first-order chi connectivity index (χ1) is 6.19. The van der Waals surface area contributed by atoms with Gasteiger partial charge in [0.2, 0.25) is 0 Å². The van der Waals surface area contributed by atoms with Crippen molar-refractivity contribution in [1.82, 2.24) is 9.78 Å². The summed E-state index contributed by atoms with van der Waals surface area (Å²) in [6.07, 6.45) is 1.99. The first-order valence-electron chi connectivity index (χ1n) is 4.42. The number of methoxy groups -OCH3 is 1. The first kappa shape index (κ1) is 10.2. The SMILES string of the molecule is COCC(C)n1cc(CN)c(C)n1. The fraction of sp³-hybridized carbons (Fsp3) is 0.667. The zero-order chi connectivity index (χ0) is 9.84. The van der Waals surface area contributed by atoms with Gasteiger partial charge in [0.05, 0.1) is 18.3 Å². The second kappa shape index (κ2) is 4.39. The molecule has 1 aromatic heterocycles. The van der Waals surface area contributed by atoms with Gasteiger partial charge in [-0.1, -0.05) is 0 Å². The third-order valence-corrected chi connectivity index (χ3v) is 2.10. The molecule has 0 aliphatic rings. The van der Waals surface area contributed by atoms with Gasteiger partial charge in [0.25, 0.3) is 0 Å². The second-order valence-electron chi connectivity index (χ2n) is 3.23. The fourth-order valence-electron chi connectivity index (χ4n) is 1.26. The lowest BCUT2D eigenvalue weighted by atomic mass is 10.3. The van der Waals surface area contributed by atoms with Crippen LogP contribution >= 0.6 is 0 Å². The summed E-state index contributed by atoms with van der Waals surface area (Å²) in [5.41, 5.74) is 7.66. The molecule has 1 aromatic rings. The van der Waals surface area contributed by atoms with Gasteiger partial charge >= 0.3 is 0 Å². The third-order valence-electron chi connectivity index (χ3n) is 2.10. The van der Waals surface area contributed by atoms with Gasteiger partial charge in [0, 0.05) is 25.4 Å². The van der Waals surface area contributed by atoms with E-state index in [4.69, 9.17) is 10.5 Å². The Bertz CT molecular complexity index is 270. The maximum atomic E-state index is 5.55. The summed E-state index contributed by atoms with van der Waals surface area (Å²) in [6.45, 7) is 5.26. The molecule has 4 nitrogen and oxygen atoms in total. The highest BCUT2D eigenvalue weighted by molar-refractivity contribution is 5.14. The molecule has 2 N–H and O–H groups in total. The summed E-state index contributed by atoms with van der Waals surface area (Å²) in [6, 6.07) is 0.268. The van der Waals surface area contributed by atoms with Crippen molar-refractivity contribution in [3.63, 3.8) is 0 Å². The monoisotopic (exact) mass is 183 g/mol. The van der Waals surface area contributed by atoms with Crippen LogP contribution in [0.25, 0.3) is 0 Å². The van der Waals surface area contributed by atoms with Crippen molar-refractivity contribution in [2.45, 2.75) is 26.4 Å². The Kier molecular flexibility index (Phi) is 3.45. The molecule has 13 heavy (non-hydrogen) atoms. The number of hydrogen-bond donors (Lipinski definition) is 1. The molecule has 0 saturated heterocycles. The molecule has 1 unspecified atom stereocenters. The second-order valence-corrected chi connectivity index (χ2v) is 3.23. The molecular formula is C9H17N3O. The lowest BCUT2D eigenvalue weighted by Gasteiger charge is -2.09. The summed E-state index contributed by atoms with van der Waals surface area (Å²) in [5, 5.41) is 4.36. The van der Waals surface area contributed by atoms with E-state index in [1.165, 1.54) is 0 Å².